The van der Waals surface area contributed by atoms with Gasteiger partial charge in [-0.25, -0.2) is 4.79 Å². The summed E-state index contributed by atoms with van der Waals surface area (Å²) >= 11 is 0. The van der Waals surface area contributed by atoms with Gasteiger partial charge in [-0.15, -0.1) is 0 Å². The van der Waals surface area contributed by atoms with Crippen molar-refractivity contribution in [1.29, 1.82) is 0 Å². The Morgan fingerprint density at radius 3 is 2.58 bits per heavy atom. The lowest BCUT2D eigenvalue weighted by atomic mass is 10.1. The Kier molecular flexibility index (Phi) is 7.24. The third-order valence-electron chi connectivity index (χ3n) is 5.96. The van der Waals surface area contributed by atoms with Crippen LogP contribution < -0.4 is 10.1 Å². The third-order valence-corrected chi connectivity index (χ3v) is 5.96. The van der Waals surface area contributed by atoms with Crippen LogP contribution in [0.3, 0.4) is 0 Å². The van der Waals surface area contributed by atoms with E-state index in [0.717, 1.165) is 28.1 Å². The summed E-state index contributed by atoms with van der Waals surface area (Å²) in [5, 5.41) is 7.47. The maximum absolute atomic E-state index is 12.9. The van der Waals surface area contributed by atoms with Crippen LogP contribution in [0.5, 0.6) is 5.75 Å². The number of aryl methyl sites for hydroxylation is 3. The summed E-state index contributed by atoms with van der Waals surface area (Å²) in [6.07, 6.45) is 0. The van der Waals surface area contributed by atoms with Gasteiger partial charge in [0.2, 0.25) is 0 Å². The molecule has 0 radical (unpaired) electrons. The van der Waals surface area contributed by atoms with Gasteiger partial charge in [-0.05, 0) is 68.7 Å². The fraction of sp³-hybridized carbons (Fsp3) is 0.250. The lowest BCUT2D eigenvalue weighted by Crippen LogP contribution is -2.13. The maximum atomic E-state index is 12.9. The molecule has 2 aromatic carbocycles. The monoisotopic (exact) mass is 487 g/mol. The van der Waals surface area contributed by atoms with E-state index in [1.165, 1.54) is 7.11 Å². The number of rotatable bonds is 8. The van der Waals surface area contributed by atoms with E-state index < -0.39 is 5.97 Å². The van der Waals surface area contributed by atoms with Crippen LogP contribution in [-0.2, 0) is 17.9 Å². The highest BCUT2D eigenvalue weighted by molar-refractivity contribution is 6.03. The van der Waals surface area contributed by atoms with E-state index in [4.69, 9.17) is 13.9 Å². The number of hydrogen-bond acceptors (Lipinski definition) is 6. The van der Waals surface area contributed by atoms with Gasteiger partial charge in [0.05, 0.1) is 36.3 Å². The lowest BCUT2D eigenvalue weighted by molar-refractivity contribution is 0.0599. The van der Waals surface area contributed by atoms with Crippen molar-refractivity contribution >= 4 is 17.6 Å². The zero-order valence-corrected chi connectivity index (χ0v) is 21.0. The summed E-state index contributed by atoms with van der Waals surface area (Å²) < 4.78 is 18.2. The highest BCUT2D eigenvalue weighted by Gasteiger charge is 2.19. The number of benzene rings is 2. The SMILES string of the molecule is COC(=O)c1ccccc1Cn1nc(C)c(NC(=O)c2ccc(COc3cc(C)ccc3C)o2)c1C. The second kappa shape index (κ2) is 10.5. The molecule has 0 unspecified atom stereocenters. The molecule has 0 saturated carbocycles. The van der Waals surface area contributed by atoms with Crippen molar-refractivity contribution in [2.75, 3.05) is 12.4 Å². The van der Waals surface area contributed by atoms with E-state index in [1.807, 2.05) is 58.0 Å². The average Bonchev–Trinajstić information content (AvgIpc) is 3.45. The Morgan fingerprint density at radius 2 is 1.81 bits per heavy atom. The van der Waals surface area contributed by atoms with Gasteiger partial charge in [-0.3, -0.25) is 9.48 Å². The second-order valence-corrected chi connectivity index (χ2v) is 8.63. The molecule has 1 N–H and O–H groups in total. The number of amides is 1. The van der Waals surface area contributed by atoms with Crippen molar-refractivity contribution in [3.63, 3.8) is 0 Å². The fourth-order valence-electron chi connectivity index (χ4n) is 3.92. The van der Waals surface area contributed by atoms with Crippen LogP contribution >= 0.6 is 0 Å². The van der Waals surface area contributed by atoms with Gasteiger partial charge in [0, 0.05) is 0 Å². The molecule has 0 aliphatic heterocycles. The Bertz CT molecular complexity index is 1420. The minimum Gasteiger partial charge on any atom is -0.485 e. The standard InChI is InChI=1S/C28H29N3O5/c1-17-10-11-18(2)25(14-17)35-16-22-12-13-24(36-22)27(32)29-26-19(3)30-31(20(26)4)15-21-8-6-7-9-23(21)28(33)34-5/h6-14H,15-16H2,1-5H3,(H,29,32). The number of nitrogens with one attached hydrogen (secondary N) is 1. The number of carbonyl (C=O) groups is 2. The fourth-order valence-corrected chi connectivity index (χ4v) is 3.92. The van der Waals surface area contributed by atoms with Gasteiger partial charge in [-0.1, -0.05) is 30.3 Å². The molecule has 0 bridgehead atoms. The molecule has 1 amide bonds. The quantitative estimate of drug-likeness (QED) is 0.336. The Hall–Kier alpha value is -4.33. The highest BCUT2D eigenvalue weighted by atomic mass is 16.5. The van der Waals surface area contributed by atoms with Crippen LogP contribution in [0.2, 0.25) is 0 Å². The number of ether oxygens (including phenoxy) is 2. The minimum absolute atomic E-state index is 0.178. The van der Waals surface area contributed by atoms with E-state index >= 15 is 0 Å². The molecule has 0 atom stereocenters. The molecule has 186 valence electrons. The molecule has 4 aromatic rings. The number of furan rings is 1. The van der Waals surface area contributed by atoms with E-state index in [9.17, 15) is 9.59 Å². The summed E-state index contributed by atoms with van der Waals surface area (Å²) in [5.41, 5.74) is 5.39. The molecule has 36 heavy (non-hydrogen) atoms. The smallest absolute Gasteiger partial charge is 0.338 e. The Morgan fingerprint density at radius 1 is 1.03 bits per heavy atom. The molecular formula is C28H29N3O5. The highest BCUT2D eigenvalue weighted by Crippen LogP contribution is 2.24. The predicted molar refractivity (Wildman–Crippen MR) is 135 cm³/mol. The number of esters is 1. The zero-order valence-electron chi connectivity index (χ0n) is 21.0. The Balaban J connectivity index is 1.45. The first-order valence-electron chi connectivity index (χ1n) is 11.6. The van der Waals surface area contributed by atoms with Crippen LogP contribution in [0.15, 0.2) is 59.0 Å². The number of hydrogen-bond donors (Lipinski definition) is 1. The Labute approximate surface area is 209 Å². The maximum Gasteiger partial charge on any atom is 0.338 e. The van der Waals surface area contributed by atoms with Gasteiger partial charge in [0.25, 0.3) is 5.91 Å². The van der Waals surface area contributed by atoms with Crippen LogP contribution in [0, 0.1) is 27.7 Å². The van der Waals surface area contributed by atoms with Gasteiger partial charge < -0.3 is 19.2 Å². The van der Waals surface area contributed by atoms with Crippen LogP contribution in [0.4, 0.5) is 5.69 Å². The van der Waals surface area contributed by atoms with Crippen molar-refractivity contribution in [3.8, 4) is 5.75 Å². The summed E-state index contributed by atoms with van der Waals surface area (Å²) in [4.78, 5) is 25.0. The minimum atomic E-state index is -0.407. The van der Waals surface area contributed by atoms with E-state index in [0.29, 0.717) is 29.2 Å². The number of methoxy groups -OCH3 is 1. The van der Waals surface area contributed by atoms with E-state index in [1.54, 1.807) is 28.9 Å². The van der Waals surface area contributed by atoms with Gasteiger partial charge in [0.15, 0.2) is 5.76 Å². The molecule has 0 spiro atoms. The van der Waals surface area contributed by atoms with Crippen LogP contribution in [0.25, 0.3) is 0 Å². The van der Waals surface area contributed by atoms with Gasteiger partial charge >= 0.3 is 5.97 Å². The molecule has 0 saturated heterocycles. The molecule has 4 rings (SSSR count). The first kappa shape index (κ1) is 24.8. The van der Waals surface area contributed by atoms with Crippen molar-refractivity contribution in [1.82, 2.24) is 9.78 Å². The van der Waals surface area contributed by atoms with Crippen LogP contribution in [0.1, 0.15) is 54.8 Å². The topological polar surface area (TPSA) is 95.6 Å². The average molecular weight is 488 g/mol. The largest absolute Gasteiger partial charge is 0.485 e. The van der Waals surface area contributed by atoms with Crippen molar-refractivity contribution in [3.05, 3.63) is 99.8 Å². The normalized spacial score (nSPS) is 10.8. The number of nitrogens with zero attached hydrogens (tertiary/aromatic N) is 2. The van der Waals surface area contributed by atoms with Gasteiger partial charge in [0.1, 0.15) is 18.1 Å². The first-order valence-corrected chi connectivity index (χ1v) is 11.6. The summed E-state index contributed by atoms with van der Waals surface area (Å²) in [5.74, 6) is 0.719. The van der Waals surface area contributed by atoms with Crippen LogP contribution in [-0.4, -0.2) is 28.8 Å². The van der Waals surface area contributed by atoms with Crippen molar-refractivity contribution in [2.45, 2.75) is 40.8 Å². The number of anilines is 1. The third kappa shape index (κ3) is 5.33. The number of carbonyl (C=O) groups excluding carboxylic acids is 2. The van der Waals surface area contributed by atoms with E-state index in [-0.39, 0.29) is 18.3 Å². The summed E-state index contributed by atoms with van der Waals surface area (Å²) in [6.45, 7) is 8.24. The van der Waals surface area contributed by atoms with E-state index in [2.05, 4.69) is 10.4 Å². The molecular weight excluding hydrogens is 458 g/mol. The molecule has 0 aliphatic rings. The van der Waals surface area contributed by atoms with Crippen molar-refractivity contribution < 1.29 is 23.5 Å². The molecule has 0 aliphatic carbocycles. The molecule has 8 nitrogen and oxygen atoms in total. The predicted octanol–water partition coefficient (Wildman–Crippen LogP) is 5.38. The molecule has 8 heteroatoms. The summed E-state index contributed by atoms with van der Waals surface area (Å²) in [6, 6.07) is 16.6. The molecule has 0 fully saturated rings. The molecule has 2 heterocycles. The van der Waals surface area contributed by atoms with Crippen molar-refractivity contribution in [2.24, 2.45) is 0 Å². The first-order chi connectivity index (χ1) is 17.3. The molecule has 2 aromatic heterocycles. The second-order valence-electron chi connectivity index (χ2n) is 8.63. The lowest BCUT2D eigenvalue weighted by Gasteiger charge is -2.10. The number of aromatic nitrogens is 2. The summed E-state index contributed by atoms with van der Waals surface area (Å²) in [7, 11) is 1.35. The van der Waals surface area contributed by atoms with Gasteiger partial charge in [-0.2, -0.15) is 5.10 Å². The zero-order chi connectivity index (χ0) is 25.8.